The Hall–Kier alpha value is -1.55. The van der Waals surface area contributed by atoms with Crippen LogP contribution in [0.5, 0.6) is 0 Å². The topological polar surface area (TPSA) is 46.6 Å². The Labute approximate surface area is 117 Å². The zero-order chi connectivity index (χ0) is 14.0. The Kier molecular flexibility index (Phi) is 3.80. The first-order valence-electron chi connectivity index (χ1n) is 6.09. The number of hydrogen-bond donors (Lipinski definition) is 0. The van der Waals surface area contributed by atoms with Gasteiger partial charge in [0.2, 0.25) is 0 Å². The molecular weight excluding hydrogens is 266 g/mol. The van der Waals surface area contributed by atoms with Gasteiger partial charge in [0.25, 0.3) is 5.91 Å². The maximum atomic E-state index is 12.3. The lowest BCUT2D eigenvalue weighted by Gasteiger charge is -2.22. The van der Waals surface area contributed by atoms with Crippen molar-refractivity contribution >= 4 is 22.9 Å². The SMILES string of the molecule is CC1(C)CN(Cc2ccccc2)C(=O)C1OC(=O)Cl. The summed E-state index contributed by atoms with van der Waals surface area (Å²) < 4.78 is 4.94. The number of hydrogen-bond acceptors (Lipinski definition) is 3. The van der Waals surface area contributed by atoms with Gasteiger partial charge in [-0.1, -0.05) is 44.2 Å². The highest BCUT2D eigenvalue weighted by molar-refractivity contribution is 6.61. The van der Waals surface area contributed by atoms with Crippen molar-refractivity contribution in [2.75, 3.05) is 6.54 Å². The molecule has 4 nitrogen and oxygen atoms in total. The maximum Gasteiger partial charge on any atom is 0.404 e. The summed E-state index contributed by atoms with van der Waals surface area (Å²) >= 11 is 5.23. The van der Waals surface area contributed by atoms with Crippen LogP contribution < -0.4 is 0 Å². The first-order valence-corrected chi connectivity index (χ1v) is 6.47. The molecule has 1 saturated heterocycles. The van der Waals surface area contributed by atoms with Gasteiger partial charge < -0.3 is 9.64 Å². The van der Waals surface area contributed by atoms with Crippen LogP contribution in [0, 0.1) is 5.41 Å². The van der Waals surface area contributed by atoms with Gasteiger partial charge in [-0.15, -0.1) is 0 Å². The number of halogens is 1. The quantitative estimate of drug-likeness (QED) is 0.801. The number of carbonyl (C=O) groups excluding carboxylic acids is 2. The van der Waals surface area contributed by atoms with E-state index >= 15 is 0 Å². The molecule has 1 atom stereocenters. The summed E-state index contributed by atoms with van der Waals surface area (Å²) in [5.74, 6) is -0.192. The molecule has 1 aromatic carbocycles. The number of rotatable bonds is 3. The standard InChI is InChI=1S/C14H16ClNO3/c1-14(2)9-16(8-10-6-4-3-5-7-10)12(17)11(14)19-13(15)18/h3-7,11H,8-9H2,1-2H3. The molecular formula is C14H16ClNO3. The van der Waals surface area contributed by atoms with Gasteiger partial charge in [0.15, 0.2) is 6.10 Å². The normalized spacial score (nSPS) is 21.5. The molecule has 102 valence electrons. The Morgan fingerprint density at radius 3 is 2.63 bits per heavy atom. The second-order valence-corrected chi connectivity index (χ2v) is 5.71. The van der Waals surface area contributed by atoms with E-state index < -0.39 is 16.9 Å². The summed E-state index contributed by atoms with van der Waals surface area (Å²) in [6, 6.07) is 9.70. The van der Waals surface area contributed by atoms with Gasteiger partial charge in [-0.25, -0.2) is 4.79 Å². The Morgan fingerprint density at radius 2 is 2.05 bits per heavy atom. The molecule has 5 heteroatoms. The van der Waals surface area contributed by atoms with E-state index in [2.05, 4.69) is 0 Å². The van der Waals surface area contributed by atoms with Crippen molar-refractivity contribution in [2.45, 2.75) is 26.5 Å². The Morgan fingerprint density at radius 1 is 1.42 bits per heavy atom. The predicted octanol–water partition coefficient (Wildman–Crippen LogP) is 2.80. The zero-order valence-electron chi connectivity index (χ0n) is 10.9. The first kappa shape index (κ1) is 13.9. The van der Waals surface area contributed by atoms with Gasteiger partial charge in [-0.2, -0.15) is 0 Å². The van der Waals surface area contributed by atoms with Crippen molar-refractivity contribution in [1.82, 2.24) is 4.90 Å². The minimum atomic E-state index is -0.937. The zero-order valence-corrected chi connectivity index (χ0v) is 11.7. The van der Waals surface area contributed by atoms with Gasteiger partial charge in [-0.3, -0.25) is 4.79 Å². The third-order valence-electron chi connectivity index (χ3n) is 3.27. The highest BCUT2D eigenvalue weighted by atomic mass is 35.5. The van der Waals surface area contributed by atoms with E-state index in [0.717, 1.165) is 5.56 Å². The highest BCUT2D eigenvalue weighted by Crippen LogP contribution is 2.34. The molecule has 1 amide bonds. The van der Waals surface area contributed by atoms with Crippen LogP contribution in [-0.2, 0) is 16.1 Å². The lowest BCUT2D eigenvalue weighted by atomic mass is 9.90. The average molecular weight is 282 g/mol. The van der Waals surface area contributed by atoms with Crippen molar-refractivity contribution in [3.63, 3.8) is 0 Å². The van der Waals surface area contributed by atoms with E-state index in [-0.39, 0.29) is 5.91 Å². The smallest absolute Gasteiger partial charge is 0.404 e. The fourth-order valence-electron chi connectivity index (χ4n) is 2.39. The summed E-state index contributed by atoms with van der Waals surface area (Å²) in [5, 5.41) is 0. The Balaban J connectivity index is 2.12. The van der Waals surface area contributed by atoms with Crippen molar-refractivity contribution < 1.29 is 14.3 Å². The molecule has 0 bridgehead atoms. The summed E-state index contributed by atoms with van der Waals surface area (Å²) in [7, 11) is 0. The largest absolute Gasteiger partial charge is 0.440 e. The van der Waals surface area contributed by atoms with E-state index in [1.165, 1.54) is 0 Å². The van der Waals surface area contributed by atoms with E-state index in [0.29, 0.717) is 13.1 Å². The van der Waals surface area contributed by atoms with Crippen LogP contribution in [0.25, 0.3) is 0 Å². The van der Waals surface area contributed by atoms with E-state index in [4.69, 9.17) is 16.3 Å². The van der Waals surface area contributed by atoms with Crippen LogP contribution in [0.15, 0.2) is 30.3 Å². The lowest BCUT2D eigenvalue weighted by Crippen LogP contribution is -2.34. The number of nitrogens with zero attached hydrogens (tertiary/aromatic N) is 1. The van der Waals surface area contributed by atoms with Crippen molar-refractivity contribution in [3.8, 4) is 0 Å². The predicted molar refractivity (Wildman–Crippen MR) is 71.8 cm³/mol. The number of carbonyl (C=O) groups is 2. The van der Waals surface area contributed by atoms with Crippen molar-refractivity contribution in [2.24, 2.45) is 5.41 Å². The van der Waals surface area contributed by atoms with Crippen LogP contribution in [0.3, 0.4) is 0 Å². The minimum absolute atomic E-state index is 0.192. The maximum absolute atomic E-state index is 12.3. The third-order valence-corrected chi connectivity index (χ3v) is 3.36. The van der Waals surface area contributed by atoms with Crippen LogP contribution in [0.1, 0.15) is 19.4 Å². The van der Waals surface area contributed by atoms with Crippen LogP contribution in [-0.4, -0.2) is 28.9 Å². The number of amides is 1. The van der Waals surface area contributed by atoms with E-state index in [1.54, 1.807) is 4.90 Å². The monoisotopic (exact) mass is 281 g/mol. The Bertz CT molecular complexity index is 487. The molecule has 0 aromatic heterocycles. The summed E-state index contributed by atoms with van der Waals surface area (Å²) in [4.78, 5) is 24.8. The van der Waals surface area contributed by atoms with Crippen molar-refractivity contribution in [1.29, 1.82) is 0 Å². The fraction of sp³-hybridized carbons (Fsp3) is 0.429. The fourth-order valence-corrected chi connectivity index (χ4v) is 2.48. The molecule has 2 rings (SSSR count). The van der Waals surface area contributed by atoms with Gasteiger partial charge in [-0.05, 0) is 5.56 Å². The molecule has 0 N–H and O–H groups in total. The second kappa shape index (κ2) is 5.21. The third kappa shape index (κ3) is 3.07. The number of likely N-dealkylation sites (tertiary alicyclic amines) is 1. The lowest BCUT2D eigenvalue weighted by molar-refractivity contribution is -0.136. The van der Waals surface area contributed by atoms with Crippen LogP contribution in [0.2, 0.25) is 0 Å². The summed E-state index contributed by atoms with van der Waals surface area (Å²) in [6.45, 7) is 4.83. The molecule has 1 aliphatic heterocycles. The van der Waals surface area contributed by atoms with E-state index in [9.17, 15) is 9.59 Å². The van der Waals surface area contributed by atoms with Gasteiger partial charge in [0, 0.05) is 30.1 Å². The molecule has 0 spiro atoms. The highest BCUT2D eigenvalue weighted by Gasteiger charge is 2.48. The molecule has 1 fully saturated rings. The second-order valence-electron chi connectivity index (χ2n) is 5.40. The molecule has 19 heavy (non-hydrogen) atoms. The number of ether oxygens (including phenoxy) is 1. The molecule has 1 aliphatic rings. The first-order chi connectivity index (χ1) is 8.90. The summed E-state index contributed by atoms with van der Waals surface area (Å²) in [6.07, 6.45) is -0.804. The minimum Gasteiger partial charge on any atom is -0.440 e. The summed E-state index contributed by atoms with van der Waals surface area (Å²) in [5.41, 5.74) is -0.325. The molecule has 0 radical (unpaired) electrons. The van der Waals surface area contributed by atoms with Crippen LogP contribution in [0.4, 0.5) is 4.79 Å². The number of benzene rings is 1. The molecule has 1 aromatic rings. The molecule has 0 saturated carbocycles. The van der Waals surface area contributed by atoms with Crippen molar-refractivity contribution in [3.05, 3.63) is 35.9 Å². The van der Waals surface area contributed by atoms with Gasteiger partial charge >= 0.3 is 5.43 Å². The average Bonchev–Trinajstić information content (AvgIpc) is 2.53. The molecule has 1 heterocycles. The molecule has 0 aliphatic carbocycles. The van der Waals surface area contributed by atoms with Gasteiger partial charge in [0.05, 0.1) is 0 Å². The van der Waals surface area contributed by atoms with E-state index in [1.807, 2.05) is 44.2 Å². The van der Waals surface area contributed by atoms with Gasteiger partial charge in [0.1, 0.15) is 0 Å². The van der Waals surface area contributed by atoms with Crippen LogP contribution >= 0.6 is 11.6 Å². The molecule has 1 unspecified atom stereocenters.